The largest absolute Gasteiger partial charge is 0.384 e. The molecule has 2 aliphatic rings. The molecule has 0 aromatic carbocycles. The van der Waals surface area contributed by atoms with Crippen LogP contribution in [0.5, 0.6) is 0 Å². The molecular weight excluding hydrogens is 308 g/mol. The maximum atomic E-state index is 5.68. The molecule has 2 saturated heterocycles. The second kappa shape index (κ2) is 5.78. The fourth-order valence-corrected chi connectivity index (χ4v) is 2.94. The second-order valence-corrected chi connectivity index (χ2v) is 7.26. The number of rotatable bonds is 2. The number of nitrogens with two attached hydrogens (primary N) is 2. The van der Waals surface area contributed by atoms with Gasteiger partial charge in [0.2, 0.25) is 0 Å². The molecule has 0 amide bonds. The Morgan fingerprint density at radius 3 is 1.83 bits per heavy atom. The molecule has 132 valence electrons. The van der Waals surface area contributed by atoms with Gasteiger partial charge in [0.25, 0.3) is 0 Å². The summed E-state index contributed by atoms with van der Waals surface area (Å²) in [5.74, 6) is 1.29. The molecular formula is C16H26N6O2. The molecule has 0 bridgehead atoms. The third kappa shape index (κ3) is 2.87. The smallest absolute Gasteiger partial charge is 0.145 e. The van der Waals surface area contributed by atoms with Gasteiger partial charge in [-0.25, -0.2) is 0 Å². The van der Waals surface area contributed by atoms with Crippen LogP contribution in [0.1, 0.15) is 25.2 Å². The molecule has 2 aromatic rings. The first kappa shape index (κ1) is 16.8. The minimum atomic E-state index is 0.0926. The van der Waals surface area contributed by atoms with Gasteiger partial charge < -0.3 is 20.9 Å². The van der Waals surface area contributed by atoms with Gasteiger partial charge in [-0.2, -0.15) is 10.2 Å². The number of ether oxygens (including phenoxy) is 2. The minimum Gasteiger partial charge on any atom is -0.384 e. The molecule has 8 heteroatoms. The van der Waals surface area contributed by atoms with E-state index in [-0.39, 0.29) is 10.8 Å². The summed E-state index contributed by atoms with van der Waals surface area (Å²) < 4.78 is 13.9. The average molecular weight is 334 g/mol. The normalized spacial score (nSPS) is 20.5. The summed E-state index contributed by atoms with van der Waals surface area (Å²) in [7, 11) is 3.76. The second-order valence-electron chi connectivity index (χ2n) is 7.26. The van der Waals surface area contributed by atoms with Crippen LogP contribution in [0.25, 0.3) is 0 Å². The van der Waals surface area contributed by atoms with Crippen LogP contribution in [-0.4, -0.2) is 46.0 Å². The summed E-state index contributed by atoms with van der Waals surface area (Å²) in [5.41, 5.74) is 13.7. The van der Waals surface area contributed by atoms with E-state index in [1.165, 1.54) is 0 Å². The lowest BCUT2D eigenvalue weighted by molar-refractivity contribution is -0.0537. The van der Waals surface area contributed by atoms with Crippen LogP contribution < -0.4 is 11.5 Å². The first-order valence-corrected chi connectivity index (χ1v) is 7.99. The molecule has 2 fully saturated rings. The Balaban J connectivity index is 0.000000141. The van der Waals surface area contributed by atoms with Gasteiger partial charge in [0.1, 0.15) is 11.6 Å². The number of nitrogens with zero attached hydrogens (tertiary/aromatic N) is 4. The number of hydrogen-bond acceptors (Lipinski definition) is 6. The van der Waals surface area contributed by atoms with Gasteiger partial charge in [-0.1, -0.05) is 0 Å². The van der Waals surface area contributed by atoms with Crippen molar-refractivity contribution in [3.63, 3.8) is 0 Å². The Labute approximate surface area is 141 Å². The van der Waals surface area contributed by atoms with E-state index in [2.05, 4.69) is 24.0 Å². The van der Waals surface area contributed by atoms with Crippen LogP contribution in [0.4, 0.5) is 11.6 Å². The van der Waals surface area contributed by atoms with E-state index in [1.807, 2.05) is 30.9 Å². The lowest BCUT2D eigenvalue weighted by Crippen LogP contribution is -2.45. The van der Waals surface area contributed by atoms with Gasteiger partial charge in [-0.15, -0.1) is 0 Å². The summed E-state index contributed by atoms with van der Waals surface area (Å²) in [6.45, 7) is 7.34. The van der Waals surface area contributed by atoms with E-state index in [4.69, 9.17) is 20.9 Å². The summed E-state index contributed by atoms with van der Waals surface area (Å²) in [6, 6.07) is 3.84. The van der Waals surface area contributed by atoms with Crippen molar-refractivity contribution in [1.29, 1.82) is 0 Å². The Morgan fingerprint density at radius 2 is 1.50 bits per heavy atom. The maximum absolute atomic E-state index is 5.68. The van der Waals surface area contributed by atoms with Crippen molar-refractivity contribution in [1.82, 2.24) is 19.6 Å². The van der Waals surface area contributed by atoms with E-state index < -0.39 is 0 Å². The lowest BCUT2D eigenvalue weighted by atomic mass is 9.85. The highest BCUT2D eigenvalue weighted by Gasteiger charge is 2.38. The lowest BCUT2D eigenvalue weighted by Gasteiger charge is -2.37. The molecule has 24 heavy (non-hydrogen) atoms. The number of hydrogen-bond donors (Lipinski definition) is 2. The Hall–Kier alpha value is -2.06. The van der Waals surface area contributed by atoms with Gasteiger partial charge in [0.05, 0.1) is 48.6 Å². The Kier molecular flexibility index (Phi) is 4.05. The number of anilines is 2. The van der Waals surface area contributed by atoms with E-state index >= 15 is 0 Å². The zero-order chi connectivity index (χ0) is 17.5. The standard InChI is InChI=1S/2C8H13N3O/c1-8(4-12-5-8)6-3-7(9)10-11(6)2;1-8(4-12-5-8)6-3-7(9)11(2)10-6/h3H,4-5H2,1-2H3,(H2,9,10);3H,4-5,9H2,1-2H3. The SMILES string of the molecule is Cn1nc(C2(C)COC2)cc1N.Cn1nc(N)cc1C1(C)COC1. The predicted octanol–water partition coefficient (Wildman–Crippen LogP) is 0.580. The van der Waals surface area contributed by atoms with Crippen LogP contribution in [0.3, 0.4) is 0 Å². The molecule has 4 rings (SSSR count). The number of aryl methyl sites for hydroxylation is 2. The fraction of sp³-hybridized carbons (Fsp3) is 0.625. The highest BCUT2D eigenvalue weighted by molar-refractivity contribution is 5.35. The van der Waals surface area contributed by atoms with Crippen LogP contribution in [-0.2, 0) is 34.4 Å². The molecule has 0 aliphatic carbocycles. The van der Waals surface area contributed by atoms with Crippen molar-refractivity contribution in [2.24, 2.45) is 14.1 Å². The molecule has 0 atom stereocenters. The quantitative estimate of drug-likeness (QED) is 0.832. The molecule has 8 nitrogen and oxygen atoms in total. The van der Waals surface area contributed by atoms with Gasteiger partial charge in [-0.3, -0.25) is 9.36 Å². The Morgan fingerprint density at radius 1 is 0.917 bits per heavy atom. The van der Waals surface area contributed by atoms with Crippen molar-refractivity contribution >= 4 is 11.6 Å². The van der Waals surface area contributed by atoms with Crippen molar-refractivity contribution in [2.45, 2.75) is 24.7 Å². The van der Waals surface area contributed by atoms with Crippen molar-refractivity contribution in [3.05, 3.63) is 23.5 Å². The summed E-state index contributed by atoms with van der Waals surface area (Å²) in [6.07, 6.45) is 0. The van der Waals surface area contributed by atoms with Crippen LogP contribution >= 0.6 is 0 Å². The van der Waals surface area contributed by atoms with Crippen molar-refractivity contribution in [2.75, 3.05) is 37.9 Å². The zero-order valence-corrected chi connectivity index (χ0v) is 14.7. The molecule has 0 saturated carbocycles. The molecule has 0 unspecified atom stereocenters. The summed E-state index contributed by atoms with van der Waals surface area (Å²) in [4.78, 5) is 0. The number of nitrogen functional groups attached to an aromatic ring is 2. The van der Waals surface area contributed by atoms with Crippen molar-refractivity contribution in [3.8, 4) is 0 Å². The van der Waals surface area contributed by atoms with Gasteiger partial charge in [0, 0.05) is 26.2 Å². The zero-order valence-electron chi connectivity index (χ0n) is 14.7. The van der Waals surface area contributed by atoms with Gasteiger partial charge in [-0.05, 0) is 13.8 Å². The first-order valence-electron chi connectivity index (χ1n) is 7.99. The van der Waals surface area contributed by atoms with Crippen molar-refractivity contribution < 1.29 is 9.47 Å². The average Bonchev–Trinajstić information content (AvgIpc) is 2.97. The summed E-state index contributed by atoms with van der Waals surface area (Å²) in [5, 5.41) is 8.41. The summed E-state index contributed by atoms with van der Waals surface area (Å²) >= 11 is 0. The van der Waals surface area contributed by atoms with E-state index in [9.17, 15) is 0 Å². The predicted molar refractivity (Wildman–Crippen MR) is 91.6 cm³/mol. The van der Waals surface area contributed by atoms with E-state index in [0.717, 1.165) is 37.8 Å². The highest BCUT2D eigenvalue weighted by atomic mass is 16.5. The minimum absolute atomic E-state index is 0.0926. The first-order chi connectivity index (χ1) is 11.2. The molecule has 2 aliphatic heterocycles. The maximum Gasteiger partial charge on any atom is 0.145 e. The van der Waals surface area contributed by atoms with Crippen LogP contribution in [0, 0.1) is 0 Å². The molecule has 2 aromatic heterocycles. The Bertz CT molecular complexity index is 708. The van der Waals surface area contributed by atoms with Gasteiger partial charge in [0.15, 0.2) is 0 Å². The fourth-order valence-electron chi connectivity index (χ4n) is 2.94. The molecule has 4 N–H and O–H groups in total. The molecule has 0 radical (unpaired) electrons. The molecule has 0 spiro atoms. The van der Waals surface area contributed by atoms with Gasteiger partial charge >= 0.3 is 0 Å². The topological polar surface area (TPSA) is 106 Å². The third-order valence-electron chi connectivity index (χ3n) is 4.73. The van der Waals surface area contributed by atoms with E-state index in [0.29, 0.717) is 11.6 Å². The molecule has 4 heterocycles. The van der Waals surface area contributed by atoms with Crippen LogP contribution in [0.15, 0.2) is 12.1 Å². The third-order valence-corrected chi connectivity index (χ3v) is 4.73. The number of aromatic nitrogens is 4. The van der Waals surface area contributed by atoms with Crippen LogP contribution in [0.2, 0.25) is 0 Å². The monoisotopic (exact) mass is 334 g/mol. The van der Waals surface area contributed by atoms with E-state index in [1.54, 1.807) is 4.68 Å². The highest BCUT2D eigenvalue weighted by Crippen LogP contribution is 2.32.